The molecule has 0 spiro atoms. The van der Waals surface area contributed by atoms with E-state index in [0.717, 1.165) is 25.0 Å². The maximum absolute atomic E-state index is 12.8. The van der Waals surface area contributed by atoms with E-state index < -0.39 is 5.91 Å². The molecular formula is C18H20Cl2N4O2. The zero-order valence-electron chi connectivity index (χ0n) is 14.4. The van der Waals surface area contributed by atoms with Crippen molar-refractivity contribution in [1.29, 1.82) is 0 Å². The van der Waals surface area contributed by atoms with E-state index in [9.17, 15) is 9.59 Å². The second-order valence-corrected chi connectivity index (χ2v) is 7.02. The van der Waals surface area contributed by atoms with Crippen LogP contribution in [0, 0.1) is 0 Å². The minimum Gasteiger partial charge on any atom is -0.349 e. The Labute approximate surface area is 161 Å². The van der Waals surface area contributed by atoms with Crippen LogP contribution < -0.4 is 10.6 Å². The Morgan fingerprint density at radius 1 is 1.23 bits per heavy atom. The third-order valence-corrected chi connectivity index (χ3v) is 4.81. The van der Waals surface area contributed by atoms with Crippen molar-refractivity contribution in [3.63, 3.8) is 0 Å². The van der Waals surface area contributed by atoms with Gasteiger partial charge in [0.05, 0.1) is 16.4 Å². The van der Waals surface area contributed by atoms with Crippen LogP contribution in [0.2, 0.25) is 10.0 Å². The van der Waals surface area contributed by atoms with Crippen molar-refractivity contribution in [3.05, 3.63) is 45.5 Å². The fourth-order valence-corrected chi connectivity index (χ4v) is 3.33. The molecule has 0 atom stereocenters. The molecule has 3 rings (SSSR count). The number of nitrogens with one attached hydrogen (secondary N) is 2. The second kappa shape index (κ2) is 8.10. The molecule has 8 heteroatoms. The first kappa shape index (κ1) is 18.7. The minimum atomic E-state index is -0.394. The van der Waals surface area contributed by atoms with E-state index in [-0.39, 0.29) is 17.4 Å². The fraction of sp³-hybridized carbons (Fsp3) is 0.389. The lowest BCUT2D eigenvalue weighted by Gasteiger charge is -2.17. The number of halogens is 2. The predicted molar refractivity (Wildman–Crippen MR) is 102 cm³/mol. The van der Waals surface area contributed by atoms with Crippen molar-refractivity contribution >= 4 is 40.7 Å². The van der Waals surface area contributed by atoms with Gasteiger partial charge in [-0.25, -0.2) is 4.98 Å². The number of imidazole rings is 1. The van der Waals surface area contributed by atoms with Gasteiger partial charge in [-0.15, -0.1) is 0 Å². The lowest BCUT2D eigenvalue weighted by molar-refractivity contribution is 0.0937. The predicted octanol–water partition coefficient (Wildman–Crippen LogP) is 3.92. The number of fused-ring (bicyclic) bond motifs is 1. The molecule has 2 heterocycles. The summed E-state index contributed by atoms with van der Waals surface area (Å²) in [5, 5.41) is 6.43. The first-order valence-corrected chi connectivity index (χ1v) is 9.41. The highest BCUT2D eigenvalue weighted by atomic mass is 35.5. The van der Waals surface area contributed by atoms with Crippen molar-refractivity contribution in [2.75, 3.05) is 11.9 Å². The third-order valence-electron chi connectivity index (χ3n) is 4.25. The summed E-state index contributed by atoms with van der Waals surface area (Å²) in [5.74, 6) is -0.361. The Hall–Kier alpha value is -2.05. The van der Waals surface area contributed by atoms with Gasteiger partial charge in [-0.1, -0.05) is 30.1 Å². The van der Waals surface area contributed by atoms with E-state index >= 15 is 0 Å². The van der Waals surface area contributed by atoms with Gasteiger partial charge in [0, 0.05) is 18.1 Å². The van der Waals surface area contributed by atoms with Crippen molar-refractivity contribution < 1.29 is 9.59 Å². The van der Waals surface area contributed by atoms with Crippen LogP contribution in [-0.4, -0.2) is 27.9 Å². The number of benzene rings is 1. The highest BCUT2D eigenvalue weighted by Crippen LogP contribution is 2.27. The number of hydrogen-bond donors (Lipinski definition) is 2. The summed E-state index contributed by atoms with van der Waals surface area (Å²) < 4.78 is 1.85. The quantitative estimate of drug-likeness (QED) is 0.806. The molecule has 0 saturated heterocycles. The molecule has 2 aromatic rings. The maximum Gasteiger partial charge on any atom is 0.287 e. The van der Waals surface area contributed by atoms with Crippen molar-refractivity contribution in [3.8, 4) is 0 Å². The number of anilines is 1. The summed E-state index contributed by atoms with van der Waals surface area (Å²) >= 11 is 12.1. The SMILES string of the molecule is CCCNC(=O)c1nc(C(=O)Nc2cc(Cl)ccc2Cl)c2n1CCCC2. The average Bonchev–Trinajstić information content (AvgIpc) is 3.02. The molecular weight excluding hydrogens is 375 g/mol. The van der Waals surface area contributed by atoms with Crippen LogP contribution in [-0.2, 0) is 13.0 Å². The standard InChI is InChI=1S/C18H20Cl2N4O2/c1-2-8-21-18(26)16-23-15(14-5-3-4-9-24(14)16)17(25)22-13-10-11(19)6-7-12(13)20/h6-7,10H,2-5,8-9H2,1H3,(H,21,26)(H,22,25). The average molecular weight is 395 g/mol. The number of nitrogens with zero attached hydrogens (tertiary/aromatic N) is 2. The van der Waals surface area contributed by atoms with Crippen LogP contribution >= 0.6 is 23.2 Å². The number of carbonyl (C=O) groups is 2. The van der Waals surface area contributed by atoms with Crippen LogP contribution in [0.5, 0.6) is 0 Å². The Balaban J connectivity index is 1.91. The number of amides is 2. The lowest BCUT2D eigenvalue weighted by atomic mass is 10.1. The molecule has 2 amide bonds. The van der Waals surface area contributed by atoms with Crippen molar-refractivity contribution in [2.45, 2.75) is 39.2 Å². The van der Waals surface area contributed by atoms with E-state index in [1.165, 1.54) is 0 Å². The fourth-order valence-electron chi connectivity index (χ4n) is 2.99. The zero-order chi connectivity index (χ0) is 18.7. The molecule has 138 valence electrons. The molecule has 0 bridgehead atoms. The Morgan fingerprint density at radius 3 is 2.81 bits per heavy atom. The van der Waals surface area contributed by atoms with Gasteiger partial charge < -0.3 is 15.2 Å². The van der Waals surface area contributed by atoms with E-state index in [1.807, 2.05) is 11.5 Å². The third kappa shape index (κ3) is 3.86. The smallest absolute Gasteiger partial charge is 0.287 e. The number of carbonyl (C=O) groups excluding carboxylic acids is 2. The van der Waals surface area contributed by atoms with Crippen LogP contribution in [0.1, 0.15) is 53.0 Å². The van der Waals surface area contributed by atoms with Gasteiger partial charge in [0.15, 0.2) is 11.5 Å². The second-order valence-electron chi connectivity index (χ2n) is 6.17. The summed E-state index contributed by atoms with van der Waals surface area (Å²) in [7, 11) is 0. The number of rotatable bonds is 5. The lowest BCUT2D eigenvalue weighted by Crippen LogP contribution is -2.28. The van der Waals surface area contributed by atoms with E-state index in [1.54, 1.807) is 18.2 Å². The van der Waals surface area contributed by atoms with E-state index in [0.29, 0.717) is 35.2 Å². The minimum absolute atomic E-state index is 0.255. The van der Waals surface area contributed by atoms with Gasteiger partial charge in [-0.2, -0.15) is 0 Å². The van der Waals surface area contributed by atoms with Gasteiger partial charge in [-0.05, 0) is 43.9 Å². The van der Waals surface area contributed by atoms with Gasteiger partial charge in [0.1, 0.15) is 0 Å². The monoisotopic (exact) mass is 394 g/mol. The first-order valence-electron chi connectivity index (χ1n) is 8.65. The molecule has 26 heavy (non-hydrogen) atoms. The van der Waals surface area contributed by atoms with Gasteiger partial charge in [-0.3, -0.25) is 9.59 Å². The normalized spacial score (nSPS) is 13.2. The first-order chi connectivity index (χ1) is 12.5. The summed E-state index contributed by atoms with van der Waals surface area (Å²) in [6.45, 7) is 3.23. The molecule has 0 fully saturated rings. The molecule has 0 aliphatic carbocycles. The highest BCUT2D eigenvalue weighted by molar-refractivity contribution is 6.35. The highest BCUT2D eigenvalue weighted by Gasteiger charge is 2.27. The van der Waals surface area contributed by atoms with Crippen molar-refractivity contribution in [2.24, 2.45) is 0 Å². The molecule has 1 aromatic carbocycles. The Morgan fingerprint density at radius 2 is 2.04 bits per heavy atom. The van der Waals surface area contributed by atoms with Crippen LogP contribution in [0.3, 0.4) is 0 Å². The van der Waals surface area contributed by atoms with Gasteiger partial charge in [0.2, 0.25) is 0 Å². The topological polar surface area (TPSA) is 76.0 Å². The summed E-state index contributed by atoms with van der Waals surface area (Å²) in [6, 6.07) is 4.85. The maximum atomic E-state index is 12.8. The largest absolute Gasteiger partial charge is 0.349 e. The summed E-state index contributed by atoms with van der Waals surface area (Å²) in [4.78, 5) is 29.5. The zero-order valence-corrected chi connectivity index (χ0v) is 16.0. The summed E-state index contributed by atoms with van der Waals surface area (Å²) in [5.41, 5.74) is 1.47. The van der Waals surface area contributed by atoms with Gasteiger partial charge >= 0.3 is 0 Å². The molecule has 0 saturated carbocycles. The molecule has 0 radical (unpaired) electrons. The van der Waals surface area contributed by atoms with Crippen molar-refractivity contribution in [1.82, 2.24) is 14.9 Å². The van der Waals surface area contributed by atoms with Crippen LogP contribution in [0.4, 0.5) is 5.69 Å². The Bertz CT molecular complexity index is 848. The van der Waals surface area contributed by atoms with Crippen LogP contribution in [0.15, 0.2) is 18.2 Å². The number of hydrogen-bond acceptors (Lipinski definition) is 3. The molecule has 1 aliphatic heterocycles. The van der Waals surface area contributed by atoms with Gasteiger partial charge in [0.25, 0.3) is 11.8 Å². The molecule has 1 aromatic heterocycles. The molecule has 0 unspecified atom stereocenters. The Kier molecular flexibility index (Phi) is 5.84. The van der Waals surface area contributed by atoms with Crippen LogP contribution in [0.25, 0.3) is 0 Å². The van der Waals surface area contributed by atoms with E-state index in [4.69, 9.17) is 23.2 Å². The molecule has 6 nitrogen and oxygen atoms in total. The molecule has 2 N–H and O–H groups in total. The summed E-state index contributed by atoms with van der Waals surface area (Å²) in [6.07, 6.45) is 3.46. The molecule has 1 aliphatic rings. The number of aromatic nitrogens is 2. The van der Waals surface area contributed by atoms with E-state index in [2.05, 4.69) is 15.6 Å².